The summed E-state index contributed by atoms with van der Waals surface area (Å²) in [5, 5.41) is 3.83. The van der Waals surface area contributed by atoms with Crippen LogP contribution in [0.4, 0.5) is 0 Å². The molecule has 1 heterocycles. The lowest BCUT2D eigenvalue weighted by Gasteiger charge is -1.93. The second-order valence-corrected chi connectivity index (χ2v) is 3.69. The molecule has 1 N–H and O–H groups in total. The summed E-state index contributed by atoms with van der Waals surface area (Å²) in [5.74, 6) is 0.396. The number of hydrogen-bond acceptors (Lipinski definition) is 4. The SMILES string of the molecule is [NH]C(=O)CCc1nc(Cc2ccccc2)no1. The van der Waals surface area contributed by atoms with Crippen LogP contribution in [0.2, 0.25) is 0 Å². The molecule has 2 rings (SSSR count). The lowest BCUT2D eigenvalue weighted by Crippen LogP contribution is -2.00. The van der Waals surface area contributed by atoms with E-state index in [-0.39, 0.29) is 6.42 Å². The molecule has 0 saturated heterocycles. The van der Waals surface area contributed by atoms with Crippen LogP contribution in [0.5, 0.6) is 0 Å². The molecule has 1 amide bonds. The van der Waals surface area contributed by atoms with Crippen molar-refractivity contribution in [3.8, 4) is 0 Å². The number of aromatic nitrogens is 2. The van der Waals surface area contributed by atoms with Gasteiger partial charge in [0.1, 0.15) is 0 Å². The molecule has 87 valence electrons. The maximum absolute atomic E-state index is 10.5. The molecule has 0 atom stereocenters. The molecule has 1 radical (unpaired) electrons. The third kappa shape index (κ3) is 3.41. The number of aryl methyl sites for hydroxylation is 1. The van der Waals surface area contributed by atoms with Gasteiger partial charge in [-0.2, -0.15) is 4.98 Å². The van der Waals surface area contributed by atoms with Crippen molar-refractivity contribution in [2.24, 2.45) is 0 Å². The number of amides is 1. The lowest BCUT2D eigenvalue weighted by atomic mass is 10.1. The van der Waals surface area contributed by atoms with Gasteiger partial charge < -0.3 is 4.52 Å². The number of nitrogens with one attached hydrogen (secondary N) is 1. The normalized spacial score (nSPS) is 10.4. The van der Waals surface area contributed by atoms with Gasteiger partial charge in [-0.15, -0.1) is 0 Å². The Hall–Kier alpha value is -2.17. The Bertz CT molecular complexity index is 493. The Kier molecular flexibility index (Phi) is 3.49. The summed E-state index contributed by atoms with van der Waals surface area (Å²) >= 11 is 0. The third-order valence-electron chi connectivity index (χ3n) is 2.28. The van der Waals surface area contributed by atoms with Crippen LogP contribution in [-0.2, 0) is 17.6 Å². The fourth-order valence-corrected chi connectivity index (χ4v) is 1.46. The second-order valence-electron chi connectivity index (χ2n) is 3.69. The number of carbonyl (C=O) groups excluding carboxylic acids is 1. The summed E-state index contributed by atoms with van der Waals surface area (Å²) in [4.78, 5) is 14.7. The molecule has 17 heavy (non-hydrogen) atoms. The van der Waals surface area contributed by atoms with E-state index in [0.717, 1.165) is 5.56 Å². The molecule has 5 heteroatoms. The van der Waals surface area contributed by atoms with Crippen molar-refractivity contribution in [3.63, 3.8) is 0 Å². The zero-order chi connectivity index (χ0) is 12.1. The minimum absolute atomic E-state index is 0.118. The van der Waals surface area contributed by atoms with Crippen molar-refractivity contribution in [2.45, 2.75) is 19.3 Å². The first-order valence-corrected chi connectivity index (χ1v) is 5.34. The first-order valence-electron chi connectivity index (χ1n) is 5.34. The fourth-order valence-electron chi connectivity index (χ4n) is 1.46. The van der Waals surface area contributed by atoms with Gasteiger partial charge in [-0.05, 0) is 5.56 Å². The van der Waals surface area contributed by atoms with E-state index < -0.39 is 5.91 Å². The quantitative estimate of drug-likeness (QED) is 0.777. The van der Waals surface area contributed by atoms with E-state index in [1.54, 1.807) is 0 Å². The molecule has 5 nitrogen and oxygen atoms in total. The van der Waals surface area contributed by atoms with Crippen molar-refractivity contribution >= 4 is 5.91 Å². The molecule has 0 saturated carbocycles. The summed E-state index contributed by atoms with van der Waals surface area (Å²) in [7, 11) is 0. The highest BCUT2D eigenvalue weighted by molar-refractivity contribution is 5.72. The van der Waals surface area contributed by atoms with Crippen molar-refractivity contribution in [1.29, 1.82) is 0 Å². The summed E-state index contributed by atoms with van der Waals surface area (Å²) < 4.78 is 4.99. The minimum Gasteiger partial charge on any atom is -0.339 e. The zero-order valence-corrected chi connectivity index (χ0v) is 9.22. The van der Waals surface area contributed by atoms with E-state index in [1.165, 1.54) is 0 Å². The summed E-state index contributed by atoms with van der Waals surface area (Å²) in [6.45, 7) is 0. The number of hydrogen-bond donors (Lipinski definition) is 0. The van der Waals surface area contributed by atoms with Crippen LogP contribution in [0.25, 0.3) is 0 Å². The third-order valence-corrected chi connectivity index (χ3v) is 2.28. The number of nitrogens with zero attached hydrogens (tertiary/aromatic N) is 2. The standard InChI is InChI=1S/C12H12N3O2/c13-10(16)6-7-12-14-11(15-17-12)8-9-4-2-1-3-5-9/h1-5,13H,6-8H2. The van der Waals surface area contributed by atoms with Gasteiger partial charge in [-0.1, -0.05) is 35.5 Å². The monoisotopic (exact) mass is 230 g/mol. The van der Waals surface area contributed by atoms with Crippen molar-refractivity contribution in [1.82, 2.24) is 15.9 Å². The van der Waals surface area contributed by atoms with Crippen LogP contribution < -0.4 is 5.73 Å². The smallest absolute Gasteiger partial charge is 0.238 e. The Balaban J connectivity index is 1.97. The van der Waals surface area contributed by atoms with Gasteiger partial charge >= 0.3 is 0 Å². The Morgan fingerprint density at radius 2 is 2.06 bits per heavy atom. The molecule has 0 aliphatic heterocycles. The average Bonchev–Trinajstić information content (AvgIpc) is 2.75. The highest BCUT2D eigenvalue weighted by Gasteiger charge is 2.08. The van der Waals surface area contributed by atoms with Crippen molar-refractivity contribution < 1.29 is 9.32 Å². The molecular weight excluding hydrogens is 218 g/mol. The second kappa shape index (κ2) is 5.25. The lowest BCUT2D eigenvalue weighted by molar-refractivity contribution is -0.118. The highest BCUT2D eigenvalue weighted by atomic mass is 16.5. The predicted molar refractivity (Wildman–Crippen MR) is 60.0 cm³/mol. The van der Waals surface area contributed by atoms with Gasteiger partial charge in [0.05, 0.1) is 0 Å². The summed E-state index contributed by atoms with van der Waals surface area (Å²) in [6.07, 6.45) is 1.07. The van der Waals surface area contributed by atoms with Crippen LogP contribution in [-0.4, -0.2) is 16.0 Å². The van der Waals surface area contributed by atoms with Crippen LogP contribution >= 0.6 is 0 Å². The molecule has 1 aromatic carbocycles. The molecule has 0 fully saturated rings. The maximum Gasteiger partial charge on any atom is 0.238 e. The van der Waals surface area contributed by atoms with E-state index in [1.807, 2.05) is 30.3 Å². The van der Waals surface area contributed by atoms with E-state index in [9.17, 15) is 4.79 Å². The predicted octanol–water partition coefficient (Wildman–Crippen LogP) is 1.40. The van der Waals surface area contributed by atoms with Crippen LogP contribution in [0.15, 0.2) is 34.9 Å². The molecule has 0 unspecified atom stereocenters. The average molecular weight is 230 g/mol. The van der Waals surface area contributed by atoms with E-state index >= 15 is 0 Å². The van der Waals surface area contributed by atoms with Gasteiger partial charge in [-0.25, -0.2) is 0 Å². The first-order chi connectivity index (χ1) is 8.24. The molecule has 2 aromatic rings. The first kappa shape index (κ1) is 11.3. The van der Waals surface area contributed by atoms with Gasteiger partial charge in [-0.3, -0.25) is 10.5 Å². The Morgan fingerprint density at radius 3 is 2.76 bits per heavy atom. The van der Waals surface area contributed by atoms with E-state index in [0.29, 0.717) is 24.6 Å². The number of benzene rings is 1. The van der Waals surface area contributed by atoms with Gasteiger partial charge in [0.25, 0.3) is 0 Å². The van der Waals surface area contributed by atoms with Gasteiger partial charge in [0, 0.05) is 19.3 Å². The van der Waals surface area contributed by atoms with Crippen LogP contribution in [0.3, 0.4) is 0 Å². The Morgan fingerprint density at radius 1 is 1.29 bits per heavy atom. The maximum atomic E-state index is 10.5. The summed E-state index contributed by atoms with van der Waals surface area (Å²) in [6, 6.07) is 9.84. The zero-order valence-electron chi connectivity index (χ0n) is 9.22. The number of rotatable bonds is 5. The van der Waals surface area contributed by atoms with Gasteiger partial charge in [0.2, 0.25) is 11.8 Å². The molecule has 0 aliphatic rings. The van der Waals surface area contributed by atoms with Crippen molar-refractivity contribution in [3.05, 3.63) is 47.6 Å². The fraction of sp³-hybridized carbons (Fsp3) is 0.250. The number of carbonyl (C=O) groups is 1. The minimum atomic E-state index is -0.618. The topological polar surface area (TPSA) is 79.8 Å². The van der Waals surface area contributed by atoms with Crippen molar-refractivity contribution in [2.75, 3.05) is 0 Å². The largest absolute Gasteiger partial charge is 0.339 e. The molecule has 0 spiro atoms. The molecule has 0 aliphatic carbocycles. The Labute approximate surface area is 98.6 Å². The van der Waals surface area contributed by atoms with E-state index in [2.05, 4.69) is 10.1 Å². The molecule has 0 bridgehead atoms. The van der Waals surface area contributed by atoms with E-state index in [4.69, 9.17) is 10.3 Å². The van der Waals surface area contributed by atoms with Gasteiger partial charge in [0.15, 0.2) is 5.82 Å². The molecule has 1 aromatic heterocycles. The van der Waals surface area contributed by atoms with Crippen LogP contribution in [0.1, 0.15) is 23.7 Å². The summed E-state index contributed by atoms with van der Waals surface area (Å²) in [5.41, 5.74) is 7.89. The molecular formula is C12H12N3O2. The van der Waals surface area contributed by atoms with Crippen LogP contribution in [0, 0.1) is 0 Å². The highest BCUT2D eigenvalue weighted by Crippen LogP contribution is 2.07.